The quantitative estimate of drug-likeness (QED) is 0.584. The zero-order valence-corrected chi connectivity index (χ0v) is 8.30. The zero-order chi connectivity index (χ0) is 8.72. The molecule has 12 heavy (non-hydrogen) atoms. The normalized spacial score (nSPS) is 65.0. The minimum atomic E-state index is 0.536. The standard InChI is InChI=1S/C11H19N/c1-10(2)6-4-7-9(12)11(7,3)8(10)5-6/h6-9H,4-5,12H2,1-3H3. The summed E-state index contributed by atoms with van der Waals surface area (Å²) < 4.78 is 0. The van der Waals surface area contributed by atoms with Crippen LogP contribution in [0.5, 0.6) is 0 Å². The zero-order valence-electron chi connectivity index (χ0n) is 8.30. The largest absolute Gasteiger partial charge is 0.327 e. The lowest BCUT2D eigenvalue weighted by Gasteiger charge is -2.59. The molecule has 0 amide bonds. The molecule has 2 bridgehead atoms. The predicted octanol–water partition coefficient (Wildman–Crippen LogP) is 2.02. The Morgan fingerprint density at radius 1 is 1.17 bits per heavy atom. The summed E-state index contributed by atoms with van der Waals surface area (Å²) in [4.78, 5) is 0. The average Bonchev–Trinajstić information content (AvgIpc) is 2.54. The Bertz CT molecular complexity index is 245. The Balaban J connectivity index is 1.98. The lowest BCUT2D eigenvalue weighted by atomic mass is 9.45. The SMILES string of the molecule is CC1(C)C2CC3C(N)C3(C)C1C2. The third-order valence-electron chi connectivity index (χ3n) is 5.60. The van der Waals surface area contributed by atoms with Crippen molar-refractivity contribution in [1.82, 2.24) is 0 Å². The van der Waals surface area contributed by atoms with Gasteiger partial charge in [-0.05, 0) is 41.4 Å². The van der Waals surface area contributed by atoms with Crippen molar-refractivity contribution in [2.75, 3.05) is 0 Å². The molecule has 1 nitrogen and oxygen atoms in total. The molecular formula is C11H19N. The van der Waals surface area contributed by atoms with E-state index in [0.29, 0.717) is 16.9 Å². The van der Waals surface area contributed by atoms with Crippen molar-refractivity contribution in [2.45, 2.75) is 39.7 Å². The van der Waals surface area contributed by atoms with Gasteiger partial charge < -0.3 is 5.73 Å². The highest BCUT2D eigenvalue weighted by molar-refractivity contribution is 5.25. The van der Waals surface area contributed by atoms with E-state index >= 15 is 0 Å². The smallest absolute Gasteiger partial charge is 0.0133 e. The molecule has 4 aliphatic rings. The molecule has 0 aromatic heterocycles. The molecule has 0 aromatic carbocycles. The highest BCUT2D eigenvalue weighted by Gasteiger charge is 2.74. The summed E-state index contributed by atoms with van der Waals surface area (Å²) in [5, 5.41) is 0. The van der Waals surface area contributed by atoms with Gasteiger partial charge in [0, 0.05) is 6.04 Å². The van der Waals surface area contributed by atoms with Crippen LogP contribution in [0.2, 0.25) is 0 Å². The van der Waals surface area contributed by atoms with E-state index in [2.05, 4.69) is 20.8 Å². The average molecular weight is 165 g/mol. The van der Waals surface area contributed by atoms with Gasteiger partial charge in [0.15, 0.2) is 0 Å². The molecule has 2 N–H and O–H groups in total. The Kier molecular flexibility index (Phi) is 0.991. The lowest BCUT2D eigenvalue weighted by Crippen LogP contribution is -2.53. The van der Waals surface area contributed by atoms with Crippen LogP contribution in [0.4, 0.5) is 0 Å². The summed E-state index contributed by atoms with van der Waals surface area (Å²) in [5.74, 6) is 2.81. The maximum Gasteiger partial charge on any atom is 0.0133 e. The highest BCUT2D eigenvalue weighted by atomic mass is 14.9. The fourth-order valence-corrected chi connectivity index (χ4v) is 4.33. The molecule has 0 heterocycles. The van der Waals surface area contributed by atoms with Crippen molar-refractivity contribution in [1.29, 1.82) is 0 Å². The first-order chi connectivity index (χ1) is 5.49. The third-order valence-corrected chi connectivity index (χ3v) is 5.60. The molecule has 4 fully saturated rings. The molecule has 0 spiro atoms. The van der Waals surface area contributed by atoms with Gasteiger partial charge >= 0.3 is 0 Å². The fraction of sp³-hybridized carbons (Fsp3) is 1.00. The molecule has 4 aliphatic carbocycles. The van der Waals surface area contributed by atoms with Gasteiger partial charge in [-0.25, -0.2) is 0 Å². The maximum atomic E-state index is 6.14. The second-order valence-electron chi connectivity index (χ2n) is 6.04. The van der Waals surface area contributed by atoms with Crippen LogP contribution in [-0.2, 0) is 0 Å². The molecule has 5 unspecified atom stereocenters. The van der Waals surface area contributed by atoms with E-state index in [1.54, 1.807) is 0 Å². The van der Waals surface area contributed by atoms with E-state index in [1.165, 1.54) is 12.8 Å². The van der Waals surface area contributed by atoms with E-state index in [4.69, 9.17) is 5.73 Å². The van der Waals surface area contributed by atoms with Gasteiger partial charge in [0.05, 0.1) is 0 Å². The second-order valence-corrected chi connectivity index (χ2v) is 6.04. The van der Waals surface area contributed by atoms with Crippen molar-refractivity contribution in [3.8, 4) is 0 Å². The summed E-state index contributed by atoms with van der Waals surface area (Å²) in [6.45, 7) is 7.31. The second kappa shape index (κ2) is 1.61. The Morgan fingerprint density at radius 3 is 2.25 bits per heavy atom. The van der Waals surface area contributed by atoms with Gasteiger partial charge in [0.1, 0.15) is 0 Å². The van der Waals surface area contributed by atoms with Crippen molar-refractivity contribution < 1.29 is 0 Å². The summed E-state index contributed by atoms with van der Waals surface area (Å²) in [5.41, 5.74) is 7.29. The predicted molar refractivity (Wildman–Crippen MR) is 49.6 cm³/mol. The minimum Gasteiger partial charge on any atom is -0.327 e. The summed E-state index contributed by atoms with van der Waals surface area (Å²) in [6, 6.07) is 0.536. The molecule has 4 rings (SSSR count). The summed E-state index contributed by atoms with van der Waals surface area (Å²) in [6.07, 6.45) is 2.88. The van der Waals surface area contributed by atoms with Gasteiger partial charge in [0.2, 0.25) is 0 Å². The van der Waals surface area contributed by atoms with Gasteiger partial charge in [-0.15, -0.1) is 0 Å². The topological polar surface area (TPSA) is 26.0 Å². The molecule has 0 radical (unpaired) electrons. The third kappa shape index (κ3) is 0.501. The maximum absolute atomic E-state index is 6.14. The van der Waals surface area contributed by atoms with E-state index in [9.17, 15) is 0 Å². The molecule has 1 heteroatoms. The van der Waals surface area contributed by atoms with Crippen LogP contribution in [0.25, 0.3) is 0 Å². The van der Waals surface area contributed by atoms with Crippen LogP contribution in [0, 0.1) is 28.6 Å². The van der Waals surface area contributed by atoms with Crippen LogP contribution < -0.4 is 5.73 Å². The number of nitrogens with two attached hydrogens (primary N) is 1. The van der Waals surface area contributed by atoms with E-state index in [0.717, 1.165) is 17.8 Å². The highest BCUT2D eigenvalue weighted by Crippen LogP contribution is 2.77. The van der Waals surface area contributed by atoms with Crippen LogP contribution in [0.3, 0.4) is 0 Å². The van der Waals surface area contributed by atoms with Crippen molar-refractivity contribution in [3.05, 3.63) is 0 Å². The molecular weight excluding hydrogens is 146 g/mol. The Hall–Kier alpha value is -0.0400. The number of hydrogen-bond donors (Lipinski definition) is 1. The number of hydrogen-bond acceptors (Lipinski definition) is 1. The Labute approximate surface area is 74.7 Å². The summed E-state index contributed by atoms with van der Waals surface area (Å²) >= 11 is 0. The van der Waals surface area contributed by atoms with Gasteiger partial charge in [-0.3, -0.25) is 0 Å². The van der Waals surface area contributed by atoms with Crippen molar-refractivity contribution in [3.63, 3.8) is 0 Å². The molecule has 4 saturated carbocycles. The minimum absolute atomic E-state index is 0.536. The van der Waals surface area contributed by atoms with Crippen LogP contribution in [-0.4, -0.2) is 6.04 Å². The Morgan fingerprint density at radius 2 is 1.83 bits per heavy atom. The first-order valence-corrected chi connectivity index (χ1v) is 5.24. The van der Waals surface area contributed by atoms with E-state index < -0.39 is 0 Å². The van der Waals surface area contributed by atoms with E-state index in [-0.39, 0.29) is 0 Å². The van der Waals surface area contributed by atoms with Crippen LogP contribution in [0.15, 0.2) is 0 Å². The molecule has 5 atom stereocenters. The van der Waals surface area contributed by atoms with Gasteiger partial charge in [-0.1, -0.05) is 20.8 Å². The van der Waals surface area contributed by atoms with Gasteiger partial charge in [0.25, 0.3) is 0 Å². The lowest BCUT2D eigenvalue weighted by molar-refractivity contribution is -0.107. The first-order valence-electron chi connectivity index (χ1n) is 5.24. The fourth-order valence-electron chi connectivity index (χ4n) is 4.33. The first kappa shape index (κ1) is 7.37. The molecule has 68 valence electrons. The van der Waals surface area contributed by atoms with E-state index in [1.807, 2.05) is 0 Å². The molecule has 0 aliphatic heterocycles. The summed E-state index contributed by atoms with van der Waals surface area (Å²) in [7, 11) is 0. The molecule has 0 aromatic rings. The van der Waals surface area contributed by atoms with Crippen LogP contribution >= 0.6 is 0 Å². The number of rotatable bonds is 0. The van der Waals surface area contributed by atoms with Crippen LogP contribution in [0.1, 0.15) is 33.6 Å². The monoisotopic (exact) mass is 165 g/mol. The molecule has 0 saturated heterocycles. The van der Waals surface area contributed by atoms with Crippen molar-refractivity contribution >= 4 is 0 Å². The van der Waals surface area contributed by atoms with Crippen molar-refractivity contribution in [2.24, 2.45) is 34.3 Å². The van der Waals surface area contributed by atoms with Gasteiger partial charge in [-0.2, -0.15) is 0 Å².